The number of ether oxygens (including phenoxy) is 12. The summed E-state index contributed by atoms with van der Waals surface area (Å²) < 4.78 is 66.6. The SMILES string of the molecule is C=CC(=O)Oc1ccc(C(=O)Oc2ccc(C(=O)O[C@@H]3CO[C@H]4[C@@H]3OC[C@H]4OC(=O)c3ccc(OC(=O)c4ccc(OC(=O)C=C)cc4OCC)cc3OC)c(OC)c2)c(OCC)c1. The zero-order valence-electron chi connectivity index (χ0n) is 35.0. The van der Waals surface area contributed by atoms with Crippen molar-refractivity contribution >= 4 is 35.8 Å². The molecule has 0 aliphatic carbocycles. The van der Waals surface area contributed by atoms with Crippen LogP contribution >= 0.6 is 0 Å². The summed E-state index contributed by atoms with van der Waals surface area (Å²) in [5.41, 5.74) is 0.108. The van der Waals surface area contributed by atoms with Gasteiger partial charge in [-0.15, -0.1) is 0 Å². The molecule has 0 saturated carbocycles. The standard InChI is InChI=1S/C46H42O18/c1-7-39(47)59-25-11-17-31(35(21-25)55-9-3)43(49)61-27-13-15-29(33(19-27)53-5)45(51)63-37-23-57-42-38(24-58-41(37)42)64-46(52)30-16-14-28(20-34(30)54-6)62-44(50)32-18-12-26(60-40(48)8-2)22-36(32)56-10-4/h7-8,11-22,37-38,41-42H,1-2,9-10,23-24H2,3-6H3/t37-,38-,41-,42-/m1/s1. The van der Waals surface area contributed by atoms with E-state index in [9.17, 15) is 28.8 Å². The van der Waals surface area contributed by atoms with Crippen molar-refractivity contribution in [1.82, 2.24) is 0 Å². The normalized spacial score (nSPS) is 17.1. The lowest BCUT2D eigenvalue weighted by atomic mass is 10.1. The van der Waals surface area contributed by atoms with E-state index in [0.717, 1.165) is 12.2 Å². The van der Waals surface area contributed by atoms with E-state index in [-0.39, 0.29) is 94.7 Å². The molecule has 2 aliphatic rings. The van der Waals surface area contributed by atoms with Crippen LogP contribution in [0.25, 0.3) is 0 Å². The Kier molecular flexibility index (Phi) is 15.0. The van der Waals surface area contributed by atoms with Gasteiger partial charge in [0, 0.05) is 36.4 Å². The lowest BCUT2D eigenvalue weighted by Gasteiger charge is -2.18. The van der Waals surface area contributed by atoms with E-state index in [2.05, 4.69) is 13.2 Å². The van der Waals surface area contributed by atoms with Crippen LogP contribution in [0, 0.1) is 0 Å². The summed E-state index contributed by atoms with van der Waals surface area (Å²) in [6.45, 7) is 10.4. The van der Waals surface area contributed by atoms with Gasteiger partial charge in [-0.05, 0) is 62.4 Å². The molecule has 0 bridgehead atoms. The summed E-state index contributed by atoms with van der Waals surface area (Å²) in [6.07, 6.45) is -1.36. The molecule has 0 unspecified atom stereocenters. The maximum absolute atomic E-state index is 13.4. The predicted octanol–water partition coefficient (Wildman–Crippen LogP) is 5.67. The van der Waals surface area contributed by atoms with Gasteiger partial charge in [0.25, 0.3) is 0 Å². The van der Waals surface area contributed by atoms with Crippen molar-refractivity contribution < 1.29 is 85.6 Å². The van der Waals surface area contributed by atoms with Crippen molar-refractivity contribution in [1.29, 1.82) is 0 Å². The van der Waals surface area contributed by atoms with Crippen LogP contribution in [0.15, 0.2) is 98.1 Å². The molecule has 4 atom stereocenters. The predicted molar refractivity (Wildman–Crippen MR) is 221 cm³/mol. The Labute approximate surface area is 366 Å². The molecule has 334 valence electrons. The minimum Gasteiger partial charge on any atom is -0.496 e. The molecule has 18 heteroatoms. The van der Waals surface area contributed by atoms with E-state index in [1.807, 2.05) is 0 Å². The van der Waals surface area contributed by atoms with Gasteiger partial charge >= 0.3 is 35.8 Å². The summed E-state index contributed by atoms with van der Waals surface area (Å²) in [6, 6.07) is 16.4. The molecule has 2 aliphatic heterocycles. The Morgan fingerprint density at radius 2 is 0.844 bits per heavy atom. The molecule has 0 aromatic heterocycles. The Morgan fingerprint density at radius 3 is 1.17 bits per heavy atom. The highest BCUT2D eigenvalue weighted by molar-refractivity contribution is 5.97. The van der Waals surface area contributed by atoms with Gasteiger partial charge in [-0.3, -0.25) is 0 Å². The number of benzene rings is 4. The van der Waals surface area contributed by atoms with Crippen molar-refractivity contribution in [3.05, 3.63) is 120 Å². The fraction of sp³-hybridized carbons (Fsp3) is 0.261. The van der Waals surface area contributed by atoms with Gasteiger partial charge in [0.2, 0.25) is 0 Å². The van der Waals surface area contributed by atoms with Gasteiger partial charge in [-0.2, -0.15) is 0 Å². The fourth-order valence-corrected chi connectivity index (χ4v) is 6.50. The van der Waals surface area contributed by atoms with Gasteiger partial charge in [0.15, 0.2) is 12.2 Å². The topological polar surface area (TPSA) is 213 Å². The smallest absolute Gasteiger partial charge is 0.347 e. The first-order chi connectivity index (χ1) is 30.9. The molecular formula is C46H42O18. The van der Waals surface area contributed by atoms with E-state index in [1.54, 1.807) is 13.8 Å². The van der Waals surface area contributed by atoms with E-state index in [0.29, 0.717) is 0 Å². The zero-order valence-corrected chi connectivity index (χ0v) is 35.0. The molecule has 0 amide bonds. The lowest BCUT2D eigenvalue weighted by molar-refractivity contribution is -0.129. The Hall–Kier alpha value is -7.70. The van der Waals surface area contributed by atoms with Crippen molar-refractivity contribution in [3.8, 4) is 46.0 Å². The summed E-state index contributed by atoms with van der Waals surface area (Å²) >= 11 is 0. The van der Waals surface area contributed by atoms with Crippen LogP contribution in [0.4, 0.5) is 0 Å². The van der Waals surface area contributed by atoms with Crippen LogP contribution in [0.3, 0.4) is 0 Å². The van der Waals surface area contributed by atoms with Crippen LogP contribution in [0.5, 0.6) is 46.0 Å². The third kappa shape index (κ3) is 10.7. The first-order valence-electron chi connectivity index (χ1n) is 19.6. The third-order valence-electron chi connectivity index (χ3n) is 9.40. The van der Waals surface area contributed by atoms with Crippen molar-refractivity contribution in [2.75, 3.05) is 40.6 Å². The summed E-state index contributed by atoms with van der Waals surface area (Å²) in [5.74, 6) is -3.91. The molecule has 0 radical (unpaired) electrons. The molecular weight excluding hydrogens is 840 g/mol. The van der Waals surface area contributed by atoms with Crippen molar-refractivity contribution in [3.63, 3.8) is 0 Å². The number of hydrogen-bond donors (Lipinski definition) is 0. The monoisotopic (exact) mass is 882 g/mol. The van der Waals surface area contributed by atoms with Gasteiger partial charge in [-0.25, -0.2) is 28.8 Å². The van der Waals surface area contributed by atoms with Crippen LogP contribution in [-0.2, 0) is 28.5 Å². The van der Waals surface area contributed by atoms with Gasteiger partial charge in [0.1, 0.15) is 80.5 Å². The van der Waals surface area contributed by atoms with Crippen LogP contribution in [-0.4, -0.2) is 101 Å². The average molecular weight is 883 g/mol. The molecule has 6 rings (SSSR count). The zero-order chi connectivity index (χ0) is 45.9. The molecule has 2 fully saturated rings. The Balaban J connectivity index is 1.06. The van der Waals surface area contributed by atoms with Crippen molar-refractivity contribution in [2.24, 2.45) is 0 Å². The van der Waals surface area contributed by atoms with E-state index in [1.165, 1.54) is 87.0 Å². The van der Waals surface area contributed by atoms with E-state index >= 15 is 0 Å². The highest BCUT2D eigenvalue weighted by Crippen LogP contribution is 2.35. The second-order valence-electron chi connectivity index (χ2n) is 13.4. The van der Waals surface area contributed by atoms with E-state index < -0.39 is 60.2 Å². The fourth-order valence-electron chi connectivity index (χ4n) is 6.50. The summed E-state index contributed by atoms with van der Waals surface area (Å²) in [7, 11) is 2.64. The maximum Gasteiger partial charge on any atom is 0.347 e. The summed E-state index contributed by atoms with van der Waals surface area (Å²) in [5, 5.41) is 0. The Morgan fingerprint density at radius 1 is 0.516 bits per heavy atom. The Bertz CT molecular complexity index is 2290. The second kappa shape index (κ2) is 20.9. The first kappa shape index (κ1) is 45.8. The van der Waals surface area contributed by atoms with Crippen LogP contribution < -0.4 is 37.9 Å². The minimum absolute atomic E-state index is 0.00974. The highest BCUT2D eigenvalue weighted by Gasteiger charge is 2.51. The number of hydrogen-bond acceptors (Lipinski definition) is 18. The molecule has 4 aromatic rings. The third-order valence-corrected chi connectivity index (χ3v) is 9.40. The molecule has 2 saturated heterocycles. The second-order valence-corrected chi connectivity index (χ2v) is 13.4. The molecule has 18 nitrogen and oxygen atoms in total. The largest absolute Gasteiger partial charge is 0.496 e. The molecule has 2 heterocycles. The van der Waals surface area contributed by atoms with Crippen molar-refractivity contribution in [2.45, 2.75) is 38.3 Å². The lowest BCUT2D eigenvalue weighted by Crippen LogP contribution is -2.36. The van der Waals surface area contributed by atoms with Crippen LogP contribution in [0.2, 0.25) is 0 Å². The number of carbonyl (C=O) groups excluding carboxylic acids is 6. The quantitative estimate of drug-likeness (QED) is 0.0669. The number of methoxy groups -OCH3 is 2. The van der Waals surface area contributed by atoms with E-state index in [4.69, 9.17) is 56.8 Å². The number of rotatable bonds is 18. The van der Waals surface area contributed by atoms with Gasteiger partial charge in [-0.1, -0.05) is 13.2 Å². The number of carbonyl (C=O) groups is 6. The molecule has 0 spiro atoms. The van der Waals surface area contributed by atoms with Gasteiger partial charge in [0.05, 0.1) is 40.6 Å². The van der Waals surface area contributed by atoms with Crippen LogP contribution in [0.1, 0.15) is 55.3 Å². The average Bonchev–Trinajstić information content (AvgIpc) is 3.88. The minimum atomic E-state index is -0.890. The highest BCUT2D eigenvalue weighted by atomic mass is 16.7. The van der Waals surface area contributed by atoms with Gasteiger partial charge < -0.3 is 56.8 Å². The maximum atomic E-state index is 13.4. The number of fused-ring (bicyclic) bond motifs is 1. The first-order valence-corrected chi connectivity index (χ1v) is 19.6. The molecule has 0 N–H and O–H groups in total. The molecule has 64 heavy (non-hydrogen) atoms. The number of esters is 6. The molecule has 4 aromatic carbocycles. The summed E-state index contributed by atoms with van der Waals surface area (Å²) in [4.78, 5) is 76.4.